The Morgan fingerprint density at radius 2 is 1.55 bits per heavy atom. The van der Waals surface area contributed by atoms with Crippen LogP contribution >= 0.6 is 23.2 Å². The summed E-state index contributed by atoms with van der Waals surface area (Å²) in [7, 11) is -3.56. The van der Waals surface area contributed by atoms with Crippen LogP contribution in [0.1, 0.15) is 37.3 Å². The van der Waals surface area contributed by atoms with Crippen LogP contribution in [0.15, 0.2) is 78.9 Å². The molecule has 0 saturated carbocycles. The normalized spacial score (nSPS) is 12.0. The van der Waals surface area contributed by atoms with Gasteiger partial charge < -0.3 is 10.2 Å². The number of carbonyl (C=O) groups is 2. The lowest BCUT2D eigenvalue weighted by molar-refractivity contribution is -0.141. The fourth-order valence-electron chi connectivity index (χ4n) is 4.35. The van der Waals surface area contributed by atoms with Crippen LogP contribution in [0.5, 0.6) is 0 Å². The number of amides is 2. The lowest BCUT2D eigenvalue weighted by atomic mass is 10.0. The molecule has 0 saturated heterocycles. The predicted octanol–water partition coefficient (Wildman–Crippen LogP) is 5.71. The summed E-state index contributed by atoms with van der Waals surface area (Å²) in [6.07, 6.45) is 2.54. The maximum absolute atomic E-state index is 13.8. The number of benzene rings is 3. The van der Waals surface area contributed by atoms with Crippen LogP contribution in [-0.2, 0) is 32.6 Å². The summed E-state index contributed by atoms with van der Waals surface area (Å²) >= 11 is 12.4. The number of carbonyl (C=O) groups excluding carboxylic acids is 2. The van der Waals surface area contributed by atoms with Gasteiger partial charge in [0, 0.05) is 32.5 Å². The van der Waals surface area contributed by atoms with Crippen LogP contribution in [0.3, 0.4) is 0 Å². The van der Waals surface area contributed by atoms with E-state index < -0.39 is 16.1 Å². The molecule has 10 heteroatoms. The molecule has 0 aliphatic heterocycles. The van der Waals surface area contributed by atoms with Gasteiger partial charge in [0.25, 0.3) is 0 Å². The molecule has 3 aromatic carbocycles. The van der Waals surface area contributed by atoms with Gasteiger partial charge in [-0.15, -0.1) is 0 Å². The number of anilines is 1. The van der Waals surface area contributed by atoms with Gasteiger partial charge in [-0.1, -0.05) is 84.7 Å². The van der Waals surface area contributed by atoms with Gasteiger partial charge >= 0.3 is 0 Å². The quantitative estimate of drug-likeness (QED) is 0.256. The van der Waals surface area contributed by atoms with E-state index in [1.807, 2.05) is 43.3 Å². The summed E-state index contributed by atoms with van der Waals surface area (Å²) in [4.78, 5) is 28.8. The zero-order valence-electron chi connectivity index (χ0n) is 22.7. The second-order valence-corrected chi connectivity index (χ2v) is 12.3. The molecule has 40 heavy (non-hydrogen) atoms. The lowest BCUT2D eigenvalue weighted by Gasteiger charge is -2.32. The molecule has 3 aromatic rings. The minimum absolute atomic E-state index is 0.0481. The first-order valence-electron chi connectivity index (χ1n) is 13.2. The van der Waals surface area contributed by atoms with Gasteiger partial charge in [0.2, 0.25) is 21.8 Å². The predicted molar refractivity (Wildman–Crippen MR) is 162 cm³/mol. The Bertz CT molecular complexity index is 1370. The molecule has 0 aromatic heterocycles. The van der Waals surface area contributed by atoms with Crippen molar-refractivity contribution in [2.24, 2.45) is 0 Å². The summed E-state index contributed by atoms with van der Waals surface area (Å²) in [5.74, 6) is -0.513. The van der Waals surface area contributed by atoms with Gasteiger partial charge in [0.05, 0.1) is 22.0 Å². The maximum Gasteiger partial charge on any atom is 0.243 e. The average molecular weight is 605 g/mol. The molecule has 0 aliphatic carbocycles. The van der Waals surface area contributed by atoms with Gasteiger partial charge in [-0.25, -0.2) is 8.42 Å². The van der Waals surface area contributed by atoms with E-state index in [1.54, 1.807) is 47.4 Å². The van der Waals surface area contributed by atoms with Crippen LogP contribution < -0.4 is 9.62 Å². The van der Waals surface area contributed by atoms with Crippen molar-refractivity contribution in [1.29, 1.82) is 0 Å². The third kappa shape index (κ3) is 9.25. The molecule has 214 valence electrons. The van der Waals surface area contributed by atoms with Crippen molar-refractivity contribution in [2.45, 2.75) is 45.2 Å². The van der Waals surface area contributed by atoms with E-state index in [-0.39, 0.29) is 37.7 Å². The fourth-order valence-corrected chi connectivity index (χ4v) is 5.64. The van der Waals surface area contributed by atoms with Crippen LogP contribution in [0, 0.1) is 0 Å². The molecule has 0 fully saturated rings. The number of hydrogen-bond acceptors (Lipinski definition) is 4. The van der Waals surface area contributed by atoms with Crippen LogP contribution in [0.25, 0.3) is 0 Å². The Morgan fingerprint density at radius 3 is 2.15 bits per heavy atom. The van der Waals surface area contributed by atoms with Crippen LogP contribution in [0.4, 0.5) is 5.69 Å². The van der Waals surface area contributed by atoms with Gasteiger partial charge in [-0.3, -0.25) is 13.9 Å². The number of para-hydroxylation sites is 1. The summed E-state index contributed by atoms with van der Waals surface area (Å²) in [6.45, 7) is 2.71. The monoisotopic (exact) mass is 603 g/mol. The van der Waals surface area contributed by atoms with Crippen molar-refractivity contribution in [3.05, 3.63) is 100 Å². The summed E-state index contributed by atoms with van der Waals surface area (Å²) in [5.41, 5.74) is 2.18. The molecule has 1 N–H and O–H groups in total. The topological polar surface area (TPSA) is 86.8 Å². The van der Waals surface area contributed by atoms with E-state index in [0.29, 0.717) is 28.7 Å². The largest absolute Gasteiger partial charge is 0.354 e. The van der Waals surface area contributed by atoms with Gasteiger partial charge in [-0.2, -0.15) is 0 Å². The highest BCUT2D eigenvalue weighted by molar-refractivity contribution is 7.92. The van der Waals surface area contributed by atoms with Crippen molar-refractivity contribution in [3.8, 4) is 0 Å². The molecular weight excluding hydrogens is 569 g/mol. The van der Waals surface area contributed by atoms with Gasteiger partial charge in [0.1, 0.15) is 6.04 Å². The fraction of sp³-hybridized carbons (Fsp3) is 0.333. The molecule has 3 rings (SSSR count). The van der Waals surface area contributed by atoms with E-state index in [9.17, 15) is 18.0 Å². The third-order valence-electron chi connectivity index (χ3n) is 6.35. The first-order valence-corrected chi connectivity index (χ1v) is 15.8. The summed E-state index contributed by atoms with van der Waals surface area (Å²) < 4.78 is 26.3. The lowest BCUT2D eigenvalue weighted by Crippen LogP contribution is -2.50. The Hall–Kier alpha value is -3.07. The number of nitrogens with one attached hydrogen (secondary N) is 1. The van der Waals surface area contributed by atoms with Crippen LogP contribution in [-0.4, -0.2) is 50.5 Å². The Morgan fingerprint density at radius 1 is 0.900 bits per heavy atom. The second kappa shape index (κ2) is 15.1. The maximum atomic E-state index is 13.8. The number of halogens is 2. The Kier molecular flexibility index (Phi) is 11.9. The van der Waals surface area contributed by atoms with E-state index in [2.05, 4.69) is 5.32 Å². The van der Waals surface area contributed by atoms with Gasteiger partial charge in [0.15, 0.2) is 0 Å². The highest BCUT2D eigenvalue weighted by Crippen LogP contribution is 2.25. The van der Waals surface area contributed by atoms with E-state index >= 15 is 0 Å². The number of hydrogen-bond donors (Lipinski definition) is 1. The highest BCUT2D eigenvalue weighted by Gasteiger charge is 2.30. The zero-order chi connectivity index (χ0) is 29.1. The van der Waals surface area contributed by atoms with Crippen molar-refractivity contribution in [1.82, 2.24) is 10.2 Å². The molecule has 1 atom stereocenters. The van der Waals surface area contributed by atoms with E-state index in [4.69, 9.17) is 23.2 Å². The molecule has 0 bridgehead atoms. The van der Waals surface area contributed by atoms with Crippen molar-refractivity contribution >= 4 is 50.7 Å². The molecule has 1 unspecified atom stereocenters. The third-order valence-corrected chi connectivity index (χ3v) is 8.29. The van der Waals surface area contributed by atoms with Crippen LogP contribution in [0.2, 0.25) is 10.0 Å². The van der Waals surface area contributed by atoms with Gasteiger partial charge in [-0.05, 0) is 48.2 Å². The number of rotatable bonds is 14. The molecule has 2 amide bonds. The first kappa shape index (κ1) is 31.5. The molecular formula is C30H35Cl2N3O4S. The zero-order valence-corrected chi connectivity index (χ0v) is 25.1. The Labute approximate surface area is 247 Å². The minimum Gasteiger partial charge on any atom is -0.354 e. The van der Waals surface area contributed by atoms with E-state index in [1.165, 1.54) is 4.31 Å². The summed E-state index contributed by atoms with van der Waals surface area (Å²) in [5, 5.41) is 3.69. The van der Waals surface area contributed by atoms with Crippen molar-refractivity contribution in [3.63, 3.8) is 0 Å². The first-order chi connectivity index (χ1) is 19.1. The standard InChI is InChI=1S/C30H35Cl2N3O4S/c1-3-18-33-30(37)28(21-23-11-6-4-7-12-23)34(22-24-16-17-26(31)27(32)20-24)29(36)15-10-19-35(40(2,38)39)25-13-8-5-9-14-25/h4-9,11-14,16-17,20,28H,3,10,15,18-19,21-22H2,1-2H3,(H,33,37). The molecule has 0 spiro atoms. The minimum atomic E-state index is -3.56. The highest BCUT2D eigenvalue weighted by atomic mass is 35.5. The molecule has 0 radical (unpaired) electrons. The molecule has 0 heterocycles. The SMILES string of the molecule is CCCNC(=O)C(Cc1ccccc1)N(Cc1ccc(Cl)c(Cl)c1)C(=O)CCCN(c1ccccc1)S(C)(=O)=O. The second-order valence-electron chi connectivity index (χ2n) is 9.54. The average Bonchev–Trinajstić information content (AvgIpc) is 2.93. The summed E-state index contributed by atoms with van der Waals surface area (Å²) in [6, 6.07) is 22.6. The number of nitrogens with zero attached hydrogens (tertiary/aromatic N) is 2. The number of sulfonamides is 1. The molecule has 0 aliphatic rings. The molecule has 7 nitrogen and oxygen atoms in total. The smallest absolute Gasteiger partial charge is 0.243 e. The van der Waals surface area contributed by atoms with Crippen molar-refractivity contribution in [2.75, 3.05) is 23.7 Å². The van der Waals surface area contributed by atoms with Crippen molar-refractivity contribution < 1.29 is 18.0 Å². The van der Waals surface area contributed by atoms with E-state index in [0.717, 1.165) is 23.8 Å². The Balaban J connectivity index is 1.88.